The van der Waals surface area contributed by atoms with Gasteiger partial charge in [0.2, 0.25) is 5.91 Å². The molecule has 0 aliphatic carbocycles. The summed E-state index contributed by atoms with van der Waals surface area (Å²) >= 11 is 0. The van der Waals surface area contributed by atoms with Gasteiger partial charge < -0.3 is 15.5 Å². The lowest BCUT2D eigenvalue weighted by atomic mass is 9.88. The number of rotatable bonds is 7. The number of amides is 3. The Morgan fingerprint density at radius 1 is 0.970 bits per heavy atom. The lowest BCUT2D eigenvalue weighted by Crippen LogP contribution is -2.55. The first-order valence-corrected chi connectivity index (χ1v) is 11.5. The average molecular weight is 454 g/mol. The molecule has 0 unspecified atom stereocenters. The van der Waals surface area contributed by atoms with Crippen molar-refractivity contribution in [1.29, 1.82) is 0 Å². The van der Waals surface area contributed by atoms with E-state index < -0.39 is 17.8 Å². The van der Waals surface area contributed by atoms with E-state index in [0.717, 1.165) is 12.0 Å². The van der Waals surface area contributed by atoms with Crippen LogP contribution in [0.4, 0.5) is 4.39 Å². The maximum atomic E-state index is 13.2. The molecule has 1 aliphatic rings. The number of likely N-dealkylation sites (tertiary alicyclic amines) is 1. The van der Waals surface area contributed by atoms with Crippen LogP contribution in [0.1, 0.15) is 59.4 Å². The second-order valence-corrected chi connectivity index (χ2v) is 8.77. The highest BCUT2D eigenvalue weighted by atomic mass is 19.1. The van der Waals surface area contributed by atoms with Crippen molar-refractivity contribution in [3.63, 3.8) is 0 Å². The van der Waals surface area contributed by atoms with E-state index in [1.165, 1.54) is 24.3 Å². The lowest BCUT2D eigenvalue weighted by Gasteiger charge is -2.36. The molecular formula is C26H32FN3O3. The van der Waals surface area contributed by atoms with Crippen LogP contribution in [-0.4, -0.2) is 47.8 Å². The number of nitrogens with one attached hydrogen (secondary N) is 2. The Bertz CT molecular complexity index is 967. The molecule has 0 saturated carbocycles. The Hall–Kier alpha value is -3.22. The summed E-state index contributed by atoms with van der Waals surface area (Å²) in [4.78, 5) is 40.5. The van der Waals surface area contributed by atoms with Crippen molar-refractivity contribution >= 4 is 17.7 Å². The predicted molar refractivity (Wildman–Crippen MR) is 125 cm³/mol. The number of nitrogens with zero attached hydrogens (tertiary/aromatic N) is 1. The monoisotopic (exact) mass is 453 g/mol. The van der Waals surface area contributed by atoms with Gasteiger partial charge in [0, 0.05) is 30.3 Å². The second-order valence-electron chi connectivity index (χ2n) is 8.77. The molecule has 7 heteroatoms. The summed E-state index contributed by atoms with van der Waals surface area (Å²) in [5.41, 5.74) is 2.04. The summed E-state index contributed by atoms with van der Waals surface area (Å²) in [7, 11) is 0. The normalized spacial score (nSPS) is 16.1. The minimum Gasteiger partial charge on any atom is -0.352 e. The molecule has 1 saturated heterocycles. The van der Waals surface area contributed by atoms with Gasteiger partial charge in [-0.05, 0) is 75.4 Å². The maximum Gasteiger partial charge on any atom is 0.253 e. The highest BCUT2D eigenvalue weighted by molar-refractivity contribution is 5.97. The number of carbonyl (C=O) groups is 3. The van der Waals surface area contributed by atoms with Gasteiger partial charge in [0.15, 0.2) is 0 Å². The smallest absolute Gasteiger partial charge is 0.253 e. The van der Waals surface area contributed by atoms with E-state index >= 15 is 0 Å². The van der Waals surface area contributed by atoms with Gasteiger partial charge in [0.25, 0.3) is 11.8 Å². The average Bonchev–Trinajstić information content (AvgIpc) is 2.82. The topological polar surface area (TPSA) is 78.5 Å². The minimum absolute atomic E-state index is 0.0223. The van der Waals surface area contributed by atoms with Gasteiger partial charge in [-0.25, -0.2) is 4.39 Å². The van der Waals surface area contributed by atoms with Crippen molar-refractivity contribution in [2.75, 3.05) is 13.1 Å². The first-order chi connectivity index (χ1) is 15.8. The van der Waals surface area contributed by atoms with Crippen LogP contribution in [0.2, 0.25) is 0 Å². The van der Waals surface area contributed by atoms with Gasteiger partial charge in [-0.15, -0.1) is 0 Å². The zero-order chi connectivity index (χ0) is 24.0. The quantitative estimate of drug-likeness (QED) is 0.671. The van der Waals surface area contributed by atoms with Crippen LogP contribution in [-0.2, 0) is 4.79 Å². The summed E-state index contributed by atoms with van der Waals surface area (Å²) in [5, 5.41) is 5.82. The highest BCUT2D eigenvalue weighted by Crippen LogP contribution is 2.23. The van der Waals surface area contributed by atoms with Crippen molar-refractivity contribution in [3.8, 4) is 0 Å². The molecule has 176 valence electrons. The number of carbonyl (C=O) groups excluding carboxylic acids is 3. The third-order valence-electron chi connectivity index (χ3n) is 6.27. The van der Waals surface area contributed by atoms with Crippen molar-refractivity contribution in [2.24, 2.45) is 5.92 Å². The molecule has 2 aromatic carbocycles. The van der Waals surface area contributed by atoms with Crippen molar-refractivity contribution in [3.05, 3.63) is 71.0 Å². The maximum absolute atomic E-state index is 13.2. The van der Waals surface area contributed by atoms with Crippen LogP contribution in [0.5, 0.6) is 0 Å². The van der Waals surface area contributed by atoms with E-state index in [4.69, 9.17) is 0 Å². The van der Waals surface area contributed by atoms with E-state index in [1.54, 1.807) is 4.90 Å². The largest absolute Gasteiger partial charge is 0.352 e. The van der Waals surface area contributed by atoms with Crippen LogP contribution in [0.15, 0.2) is 48.5 Å². The fourth-order valence-corrected chi connectivity index (χ4v) is 3.97. The third-order valence-corrected chi connectivity index (χ3v) is 6.27. The first-order valence-electron chi connectivity index (χ1n) is 11.5. The predicted octanol–water partition coefficient (Wildman–Crippen LogP) is 3.70. The first kappa shape index (κ1) is 24.4. The second kappa shape index (κ2) is 11.1. The van der Waals surface area contributed by atoms with Gasteiger partial charge in [0.1, 0.15) is 11.9 Å². The standard InChI is InChI=1S/C26H32FN3O3/c1-4-18(3)28-25(32)23(29-24(31)20-9-11-22(27)12-10-20)19-13-15-30(16-14-19)26(33)21-7-5-17(2)6-8-21/h5-12,18-19,23H,4,13-16H2,1-3H3,(H,28,32)(H,29,31)/t18-,23-/m0/s1. The summed E-state index contributed by atoms with van der Waals surface area (Å²) in [5.74, 6) is -1.21. The third kappa shape index (κ3) is 6.40. The summed E-state index contributed by atoms with van der Waals surface area (Å²) in [6, 6.07) is 12.0. The zero-order valence-corrected chi connectivity index (χ0v) is 19.4. The molecule has 1 aliphatic heterocycles. The molecule has 2 aromatic rings. The fraction of sp³-hybridized carbons (Fsp3) is 0.423. The summed E-state index contributed by atoms with van der Waals surface area (Å²) in [6.07, 6.45) is 1.97. The van der Waals surface area contributed by atoms with Gasteiger partial charge in [-0.1, -0.05) is 24.6 Å². The zero-order valence-electron chi connectivity index (χ0n) is 19.4. The Morgan fingerprint density at radius 3 is 2.12 bits per heavy atom. The highest BCUT2D eigenvalue weighted by Gasteiger charge is 2.34. The summed E-state index contributed by atoms with van der Waals surface area (Å²) in [6.45, 7) is 6.89. The fourth-order valence-electron chi connectivity index (χ4n) is 3.97. The molecule has 33 heavy (non-hydrogen) atoms. The van der Waals surface area contributed by atoms with E-state index in [0.29, 0.717) is 37.1 Å². The number of halogens is 1. The Morgan fingerprint density at radius 2 is 1.55 bits per heavy atom. The van der Waals surface area contributed by atoms with Crippen LogP contribution < -0.4 is 10.6 Å². The molecule has 6 nitrogen and oxygen atoms in total. The molecule has 2 N–H and O–H groups in total. The van der Waals surface area contributed by atoms with Crippen LogP contribution in [0.25, 0.3) is 0 Å². The molecule has 1 fully saturated rings. The van der Waals surface area contributed by atoms with Gasteiger partial charge in [-0.3, -0.25) is 14.4 Å². The molecule has 0 spiro atoms. The van der Waals surface area contributed by atoms with Crippen molar-refractivity contribution < 1.29 is 18.8 Å². The van der Waals surface area contributed by atoms with Gasteiger partial charge in [-0.2, -0.15) is 0 Å². The van der Waals surface area contributed by atoms with Crippen LogP contribution >= 0.6 is 0 Å². The van der Waals surface area contributed by atoms with Crippen LogP contribution in [0, 0.1) is 18.7 Å². The summed E-state index contributed by atoms with van der Waals surface area (Å²) < 4.78 is 13.2. The Kier molecular flexibility index (Phi) is 8.20. The Balaban J connectivity index is 1.69. The molecule has 0 radical (unpaired) electrons. The van der Waals surface area contributed by atoms with E-state index in [9.17, 15) is 18.8 Å². The number of hydrogen-bond acceptors (Lipinski definition) is 3. The molecule has 3 rings (SSSR count). The molecule has 0 bridgehead atoms. The van der Waals surface area contributed by atoms with Gasteiger partial charge >= 0.3 is 0 Å². The Labute approximate surface area is 194 Å². The molecule has 1 heterocycles. The SMILES string of the molecule is CC[C@H](C)NC(=O)[C@@H](NC(=O)c1ccc(F)cc1)C1CCN(C(=O)c2ccc(C)cc2)CC1. The number of aryl methyl sites for hydroxylation is 1. The lowest BCUT2D eigenvalue weighted by molar-refractivity contribution is -0.125. The minimum atomic E-state index is -0.729. The van der Waals surface area contributed by atoms with Crippen molar-refractivity contribution in [1.82, 2.24) is 15.5 Å². The molecular weight excluding hydrogens is 421 g/mol. The number of benzene rings is 2. The van der Waals surface area contributed by atoms with E-state index in [1.807, 2.05) is 45.0 Å². The number of piperidine rings is 1. The van der Waals surface area contributed by atoms with Crippen LogP contribution in [0.3, 0.4) is 0 Å². The number of hydrogen-bond donors (Lipinski definition) is 2. The van der Waals surface area contributed by atoms with Crippen molar-refractivity contribution in [2.45, 2.75) is 52.1 Å². The molecule has 0 aromatic heterocycles. The molecule has 2 atom stereocenters. The molecule has 3 amide bonds. The van der Waals surface area contributed by atoms with E-state index in [-0.39, 0.29) is 23.8 Å². The van der Waals surface area contributed by atoms with E-state index in [2.05, 4.69) is 10.6 Å². The van der Waals surface area contributed by atoms with Gasteiger partial charge in [0.05, 0.1) is 0 Å².